The van der Waals surface area contributed by atoms with Gasteiger partial charge in [0.25, 0.3) is 0 Å². The zero-order chi connectivity index (χ0) is 17.5. The molecule has 24 heavy (non-hydrogen) atoms. The van der Waals surface area contributed by atoms with E-state index in [1.54, 1.807) is 19.1 Å². The van der Waals surface area contributed by atoms with Gasteiger partial charge in [-0.2, -0.15) is 0 Å². The van der Waals surface area contributed by atoms with Crippen LogP contribution in [0.15, 0.2) is 18.2 Å². The molecule has 0 spiro atoms. The molecule has 0 unspecified atom stereocenters. The molecule has 0 radical (unpaired) electrons. The third-order valence-corrected chi connectivity index (χ3v) is 4.17. The molecule has 0 atom stereocenters. The van der Waals surface area contributed by atoms with E-state index in [1.807, 2.05) is 18.2 Å². The van der Waals surface area contributed by atoms with Gasteiger partial charge in [0, 0.05) is 19.0 Å². The van der Waals surface area contributed by atoms with Gasteiger partial charge >= 0.3 is 5.97 Å². The van der Waals surface area contributed by atoms with E-state index in [9.17, 15) is 9.59 Å². The number of carbonyl (C=O) groups excluding carboxylic acids is 2. The number of hydrogen-bond donors (Lipinski definition) is 0. The molecule has 1 aliphatic carbocycles. The summed E-state index contributed by atoms with van der Waals surface area (Å²) in [6, 6.07) is 5.73. The third-order valence-electron chi connectivity index (χ3n) is 4.17. The van der Waals surface area contributed by atoms with Crippen LogP contribution in [0.5, 0.6) is 11.5 Å². The summed E-state index contributed by atoms with van der Waals surface area (Å²) in [6.07, 6.45) is 2.81. The van der Waals surface area contributed by atoms with E-state index >= 15 is 0 Å². The van der Waals surface area contributed by atoms with Crippen LogP contribution in [0.25, 0.3) is 0 Å². The Balaban J connectivity index is 1.98. The molecule has 1 aromatic rings. The Morgan fingerprint density at radius 2 is 1.79 bits per heavy atom. The molecular weight excluding hydrogens is 310 g/mol. The van der Waals surface area contributed by atoms with Crippen LogP contribution < -0.4 is 9.47 Å². The summed E-state index contributed by atoms with van der Waals surface area (Å²) in [5, 5.41) is 0. The van der Waals surface area contributed by atoms with Crippen molar-refractivity contribution in [2.75, 3.05) is 34.4 Å². The normalized spacial score (nSPS) is 13.3. The third kappa shape index (κ3) is 4.88. The first-order chi connectivity index (χ1) is 11.6. The Morgan fingerprint density at radius 3 is 2.38 bits per heavy atom. The second-order valence-corrected chi connectivity index (χ2v) is 5.87. The average molecular weight is 335 g/mol. The Kier molecular flexibility index (Phi) is 6.46. The maximum Gasteiger partial charge on any atom is 0.307 e. The van der Waals surface area contributed by atoms with Gasteiger partial charge in [-0.15, -0.1) is 0 Å². The number of ether oxygens (including phenoxy) is 3. The van der Waals surface area contributed by atoms with E-state index < -0.39 is 0 Å². The first kappa shape index (κ1) is 18.1. The summed E-state index contributed by atoms with van der Waals surface area (Å²) in [7, 11) is 4.56. The van der Waals surface area contributed by atoms with Crippen LogP contribution >= 0.6 is 0 Å². The summed E-state index contributed by atoms with van der Waals surface area (Å²) in [4.78, 5) is 25.5. The molecule has 132 valence electrons. The first-order valence-electron chi connectivity index (χ1n) is 8.15. The van der Waals surface area contributed by atoms with Crippen LogP contribution in [0, 0.1) is 5.92 Å². The lowest BCUT2D eigenvalue weighted by molar-refractivity contribution is -0.142. The number of amides is 1. The highest BCUT2D eigenvalue weighted by molar-refractivity contribution is 5.81. The van der Waals surface area contributed by atoms with Crippen molar-refractivity contribution < 1.29 is 23.8 Å². The van der Waals surface area contributed by atoms with E-state index in [4.69, 9.17) is 9.47 Å². The maximum absolute atomic E-state index is 12.4. The molecule has 1 fully saturated rings. The van der Waals surface area contributed by atoms with Gasteiger partial charge in [-0.3, -0.25) is 9.59 Å². The van der Waals surface area contributed by atoms with E-state index in [-0.39, 0.29) is 24.2 Å². The number of methoxy groups -OCH3 is 3. The monoisotopic (exact) mass is 335 g/mol. The topological polar surface area (TPSA) is 65.1 Å². The minimum absolute atomic E-state index is 0.132. The minimum Gasteiger partial charge on any atom is -0.493 e. The standard InChI is InChI=1S/C18H25NO5/c1-22-15-7-4-13(12-16(15)23-2)8-10-19(11-9-17(20)24-3)18(21)14-5-6-14/h4,7,12,14H,5-6,8-11H2,1-3H3. The van der Waals surface area contributed by atoms with Gasteiger partial charge in [0.1, 0.15) is 0 Å². The fourth-order valence-corrected chi connectivity index (χ4v) is 2.55. The highest BCUT2D eigenvalue weighted by Crippen LogP contribution is 2.31. The van der Waals surface area contributed by atoms with E-state index in [1.165, 1.54) is 7.11 Å². The van der Waals surface area contributed by atoms with Crippen molar-refractivity contribution in [3.05, 3.63) is 23.8 Å². The van der Waals surface area contributed by atoms with Crippen molar-refractivity contribution in [2.45, 2.75) is 25.7 Å². The van der Waals surface area contributed by atoms with Crippen molar-refractivity contribution in [1.29, 1.82) is 0 Å². The lowest BCUT2D eigenvalue weighted by Gasteiger charge is -2.22. The summed E-state index contributed by atoms with van der Waals surface area (Å²) < 4.78 is 15.2. The molecule has 6 nitrogen and oxygen atoms in total. The van der Waals surface area contributed by atoms with Gasteiger partial charge in [-0.25, -0.2) is 0 Å². The van der Waals surface area contributed by atoms with Crippen LogP contribution in [0.1, 0.15) is 24.8 Å². The van der Waals surface area contributed by atoms with Crippen LogP contribution in [-0.4, -0.2) is 51.2 Å². The highest BCUT2D eigenvalue weighted by atomic mass is 16.5. The molecule has 1 amide bonds. The maximum atomic E-state index is 12.4. The second-order valence-electron chi connectivity index (χ2n) is 5.87. The molecule has 0 saturated heterocycles. The number of carbonyl (C=O) groups is 2. The molecule has 0 bridgehead atoms. The van der Waals surface area contributed by atoms with Crippen molar-refractivity contribution in [3.8, 4) is 11.5 Å². The summed E-state index contributed by atoms with van der Waals surface area (Å²) in [5.74, 6) is 1.32. The lowest BCUT2D eigenvalue weighted by atomic mass is 10.1. The van der Waals surface area contributed by atoms with Crippen LogP contribution in [0.2, 0.25) is 0 Å². The number of rotatable bonds is 9. The molecule has 1 aliphatic rings. The predicted molar refractivity (Wildman–Crippen MR) is 89.2 cm³/mol. The van der Waals surface area contributed by atoms with Crippen molar-refractivity contribution in [3.63, 3.8) is 0 Å². The lowest BCUT2D eigenvalue weighted by Crippen LogP contribution is -2.36. The molecule has 0 N–H and O–H groups in total. The first-order valence-corrected chi connectivity index (χ1v) is 8.15. The number of hydrogen-bond acceptors (Lipinski definition) is 5. The largest absolute Gasteiger partial charge is 0.493 e. The quantitative estimate of drug-likeness (QED) is 0.646. The summed E-state index contributed by atoms with van der Waals surface area (Å²) in [6.45, 7) is 0.969. The van der Waals surface area contributed by atoms with Crippen LogP contribution in [0.4, 0.5) is 0 Å². The molecule has 1 saturated carbocycles. The number of benzene rings is 1. The SMILES string of the molecule is COC(=O)CCN(CCc1ccc(OC)c(OC)c1)C(=O)C1CC1. The molecule has 0 heterocycles. The molecule has 0 aromatic heterocycles. The Labute approximate surface area is 142 Å². The van der Waals surface area contributed by atoms with Gasteiger partial charge in [-0.05, 0) is 37.0 Å². The Morgan fingerprint density at radius 1 is 1.08 bits per heavy atom. The zero-order valence-corrected chi connectivity index (χ0v) is 14.5. The van der Waals surface area contributed by atoms with Crippen molar-refractivity contribution >= 4 is 11.9 Å². The second kappa shape index (κ2) is 8.57. The fraction of sp³-hybridized carbons (Fsp3) is 0.556. The fourth-order valence-electron chi connectivity index (χ4n) is 2.55. The molecular formula is C18H25NO5. The van der Waals surface area contributed by atoms with Gasteiger partial charge < -0.3 is 19.1 Å². The number of nitrogens with zero attached hydrogens (tertiary/aromatic N) is 1. The Hall–Kier alpha value is -2.24. The summed E-state index contributed by atoms with van der Waals surface area (Å²) in [5.41, 5.74) is 1.05. The highest BCUT2D eigenvalue weighted by Gasteiger charge is 2.33. The van der Waals surface area contributed by atoms with E-state index in [0.29, 0.717) is 31.0 Å². The zero-order valence-electron chi connectivity index (χ0n) is 14.5. The van der Waals surface area contributed by atoms with Crippen LogP contribution in [-0.2, 0) is 20.7 Å². The molecule has 0 aliphatic heterocycles. The Bertz CT molecular complexity index is 583. The molecule has 1 aromatic carbocycles. The van der Waals surface area contributed by atoms with Gasteiger partial charge in [0.2, 0.25) is 5.91 Å². The average Bonchev–Trinajstić information content (AvgIpc) is 3.45. The predicted octanol–water partition coefficient (Wildman–Crippen LogP) is 2.05. The smallest absolute Gasteiger partial charge is 0.307 e. The van der Waals surface area contributed by atoms with E-state index in [0.717, 1.165) is 18.4 Å². The van der Waals surface area contributed by atoms with Gasteiger partial charge in [0.15, 0.2) is 11.5 Å². The van der Waals surface area contributed by atoms with Gasteiger partial charge in [0.05, 0.1) is 27.8 Å². The van der Waals surface area contributed by atoms with Gasteiger partial charge in [-0.1, -0.05) is 6.07 Å². The molecule has 2 rings (SSSR count). The minimum atomic E-state index is -0.297. The van der Waals surface area contributed by atoms with E-state index in [2.05, 4.69) is 4.74 Å². The van der Waals surface area contributed by atoms with Crippen molar-refractivity contribution in [2.24, 2.45) is 5.92 Å². The summed E-state index contributed by atoms with van der Waals surface area (Å²) >= 11 is 0. The van der Waals surface area contributed by atoms with Crippen LogP contribution in [0.3, 0.4) is 0 Å². The number of esters is 1. The van der Waals surface area contributed by atoms with Crippen molar-refractivity contribution in [1.82, 2.24) is 4.90 Å². The molecule has 6 heteroatoms.